The molecule has 0 aliphatic heterocycles. The van der Waals surface area contributed by atoms with E-state index in [1.54, 1.807) is 6.92 Å². The molecule has 2 heteroatoms. The van der Waals surface area contributed by atoms with Gasteiger partial charge in [-0.1, -0.05) is 24.3 Å². The lowest BCUT2D eigenvalue weighted by molar-refractivity contribution is 0.101. The van der Waals surface area contributed by atoms with Crippen LogP contribution in [-0.2, 0) is 6.42 Å². The molecular weight excluding hydrogens is 162 g/mol. The maximum absolute atomic E-state index is 11.0. The average molecular weight is 177 g/mol. The third-order valence-electron chi connectivity index (χ3n) is 1.92. The molecule has 1 aromatic rings. The van der Waals surface area contributed by atoms with Crippen LogP contribution in [0.3, 0.4) is 0 Å². The van der Waals surface area contributed by atoms with Crippen LogP contribution in [0.2, 0.25) is 0 Å². The number of carbonyl (C=O) groups is 1. The van der Waals surface area contributed by atoms with Crippen LogP contribution in [0.15, 0.2) is 24.3 Å². The third-order valence-corrected chi connectivity index (χ3v) is 1.92. The van der Waals surface area contributed by atoms with E-state index in [1.165, 1.54) is 5.56 Å². The van der Waals surface area contributed by atoms with Gasteiger partial charge in [-0.2, -0.15) is 0 Å². The SMILES string of the molecule is CC(=O)c1ccc(C[C@H](C)N)cc1. The van der Waals surface area contributed by atoms with Gasteiger partial charge in [0.05, 0.1) is 0 Å². The molecule has 0 unspecified atom stereocenters. The molecule has 2 N–H and O–H groups in total. The van der Waals surface area contributed by atoms with E-state index in [0.29, 0.717) is 0 Å². The summed E-state index contributed by atoms with van der Waals surface area (Å²) >= 11 is 0. The van der Waals surface area contributed by atoms with Crippen LogP contribution in [0.5, 0.6) is 0 Å². The van der Waals surface area contributed by atoms with Crippen molar-refractivity contribution in [3.8, 4) is 0 Å². The van der Waals surface area contributed by atoms with Gasteiger partial charge >= 0.3 is 0 Å². The summed E-state index contributed by atoms with van der Waals surface area (Å²) in [4.78, 5) is 11.0. The minimum atomic E-state index is 0.104. The molecule has 0 fully saturated rings. The average Bonchev–Trinajstić information content (AvgIpc) is 2.04. The molecule has 0 aliphatic rings. The minimum Gasteiger partial charge on any atom is -0.328 e. The maximum Gasteiger partial charge on any atom is 0.159 e. The molecule has 0 saturated carbocycles. The molecule has 0 aromatic heterocycles. The molecule has 0 spiro atoms. The number of carbonyl (C=O) groups excluding carboxylic acids is 1. The van der Waals surface area contributed by atoms with Gasteiger partial charge in [0, 0.05) is 11.6 Å². The van der Waals surface area contributed by atoms with Crippen molar-refractivity contribution in [2.75, 3.05) is 0 Å². The number of nitrogens with two attached hydrogens (primary N) is 1. The Labute approximate surface area is 78.8 Å². The van der Waals surface area contributed by atoms with Crippen LogP contribution in [0.1, 0.15) is 29.8 Å². The topological polar surface area (TPSA) is 43.1 Å². The highest BCUT2D eigenvalue weighted by molar-refractivity contribution is 5.93. The highest BCUT2D eigenvalue weighted by atomic mass is 16.1. The Morgan fingerprint density at radius 3 is 2.31 bits per heavy atom. The van der Waals surface area contributed by atoms with Crippen molar-refractivity contribution in [3.05, 3.63) is 35.4 Å². The zero-order valence-corrected chi connectivity index (χ0v) is 8.08. The largest absolute Gasteiger partial charge is 0.328 e. The first kappa shape index (κ1) is 9.93. The highest BCUT2D eigenvalue weighted by Gasteiger charge is 2.00. The van der Waals surface area contributed by atoms with Gasteiger partial charge in [-0.3, -0.25) is 4.79 Å². The summed E-state index contributed by atoms with van der Waals surface area (Å²) in [6, 6.07) is 7.78. The summed E-state index contributed by atoms with van der Waals surface area (Å²) in [6.45, 7) is 3.54. The molecule has 1 aromatic carbocycles. The molecule has 0 heterocycles. The van der Waals surface area contributed by atoms with E-state index in [1.807, 2.05) is 31.2 Å². The lowest BCUT2D eigenvalue weighted by atomic mass is 10.0. The number of hydrogen-bond donors (Lipinski definition) is 1. The van der Waals surface area contributed by atoms with E-state index in [9.17, 15) is 4.79 Å². The van der Waals surface area contributed by atoms with Gasteiger partial charge in [-0.15, -0.1) is 0 Å². The molecule has 2 nitrogen and oxygen atoms in total. The predicted molar refractivity (Wildman–Crippen MR) is 53.8 cm³/mol. The van der Waals surface area contributed by atoms with Gasteiger partial charge in [0.2, 0.25) is 0 Å². The standard InChI is InChI=1S/C11H15NO/c1-8(12)7-10-3-5-11(6-4-10)9(2)13/h3-6,8H,7,12H2,1-2H3/t8-/m0/s1. The summed E-state index contributed by atoms with van der Waals surface area (Å²) < 4.78 is 0. The van der Waals surface area contributed by atoms with Gasteiger partial charge in [0.25, 0.3) is 0 Å². The summed E-state index contributed by atoms with van der Waals surface area (Å²) in [5.74, 6) is 0.104. The van der Waals surface area contributed by atoms with Crippen molar-refractivity contribution in [1.82, 2.24) is 0 Å². The van der Waals surface area contributed by atoms with Crippen molar-refractivity contribution < 1.29 is 4.79 Å². The summed E-state index contributed by atoms with van der Waals surface area (Å²) in [7, 11) is 0. The molecule has 0 amide bonds. The zero-order chi connectivity index (χ0) is 9.84. The van der Waals surface area contributed by atoms with Gasteiger partial charge in [0.1, 0.15) is 0 Å². The first-order valence-corrected chi connectivity index (χ1v) is 4.45. The fraction of sp³-hybridized carbons (Fsp3) is 0.364. The lowest BCUT2D eigenvalue weighted by Crippen LogP contribution is -2.17. The van der Waals surface area contributed by atoms with Crippen molar-refractivity contribution in [3.63, 3.8) is 0 Å². The number of Topliss-reactive ketones (excluding diaryl/α,β-unsaturated/α-hetero) is 1. The van der Waals surface area contributed by atoms with Crippen molar-refractivity contribution in [2.24, 2.45) is 5.73 Å². The van der Waals surface area contributed by atoms with Crippen LogP contribution in [-0.4, -0.2) is 11.8 Å². The molecule has 70 valence electrons. The quantitative estimate of drug-likeness (QED) is 0.715. The highest BCUT2D eigenvalue weighted by Crippen LogP contribution is 2.06. The number of rotatable bonds is 3. The minimum absolute atomic E-state index is 0.104. The van der Waals surface area contributed by atoms with Gasteiger partial charge in [-0.05, 0) is 25.8 Å². The molecule has 1 atom stereocenters. The van der Waals surface area contributed by atoms with E-state index >= 15 is 0 Å². The van der Waals surface area contributed by atoms with E-state index in [2.05, 4.69) is 0 Å². The Bertz CT molecular complexity index is 287. The van der Waals surface area contributed by atoms with Crippen LogP contribution in [0.4, 0.5) is 0 Å². The fourth-order valence-corrected chi connectivity index (χ4v) is 1.25. The lowest BCUT2D eigenvalue weighted by Gasteiger charge is -2.04. The van der Waals surface area contributed by atoms with E-state index < -0.39 is 0 Å². The first-order chi connectivity index (χ1) is 6.09. The number of benzene rings is 1. The Morgan fingerprint density at radius 1 is 1.38 bits per heavy atom. The van der Waals surface area contributed by atoms with E-state index in [0.717, 1.165) is 12.0 Å². The second-order valence-electron chi connectivity index (χ2n) is 3.43. The molecule has 0 aliphatic carbocycles. The Kier molecular flexibility index (Phi) is 3.20. The predicted octanol–water partition coefficient (Wildman–Crippen LogP) is 1.78. The van der Waals surface area contributed by atoms with Crippen LogP contribution in [0, 0.1) is 0 Å². The van der Waals surface area contributed by atoms with E-state index in [-0.39, 0.29) is 11.8 Å². The number of ketones is 1. The molecule has 13 heavy (non-hydrogen) atoms. The van der Waals surface area contributed by atoms with Crippen molar-refractivity contribution >= 4 is 5.78 Å². The Hall–Kier alpha value is -1.15. The third kappa shape index (κ3) is 2.99. The van der Waals surface area contributed by atoms with Crippen molar-refractivity contribution in [2.45, 2.75) is 26.3 Å². The van der Waals surface area contributed by atoms with Gasteiger partial charge in [-0.25, -0.2) is 0 Å². The molecule has 0 radical (unpaired) electrons. The Morgan fingerprint density at radius 2 is 1.92 bits per heavy atom. The maximum atomic E-state index is 11.0. The smallest absolute Gasteiger partial charge is 0.159 e. The van der Waals surface area contributed by atoms with Crippen LogP contribution in [0.25, 0.3) is 0 Å². The first-order valence-electron chi connectivity index (χ1n) is 4.45. The fourth-order valence-electron chi connectivity index (χ4n) is 1.25. The molecule has 1 rings (SSSR count). The van der Waals surface area contributed by atoms with E-state index in [4.69, 9.17) is 5.73 Å². The van der Waals surface area contributed by atoms with Crippen LogP contribution >= 0.6 is 0 Å². The molecule has 0 saturated heterocycles. The number of hydrogen-bond acceptors (Lipinski definition) is 2. The Balaban J connectivity index is 2.75. The summed E-state index contributed by atoms with van der Waals surface area (Å²) in [6.07, 6.45) is 0.859. The van der Waals surface area contributed by atoms with Crippen molar-refractivity contribution in [1.29, 1.82) is 0 Å². The normalized spacial score (nSPS) is 12.5. The second-order valence-corrected chi connectivity index (χ2v) is 3.43. The van der Waals surface area contributed by atoms with Gasteiger partial charge < -0.3 is 5.73 Å². The molecule has 0 bridgehead atoms. The van der Waals surface area contributed by atoms with Crippen LogP contribution < -0.4 is 5.73 Å². The zero-order valence-electron chi connectivity index (χ0n) is 8.08. The van der Waals surface area contributed by atoms with Gasteiger partial charge in [0.15, 0.2) is 5.78 Å². The molecular formula is C11H15NO. The second kappa shape index (κ2) is 4.19. The summed E-state index contributed by atoms with van der Waals surface area (Å²) in [5.41, 5.74) is 7.59. The summed E-state index contributed by atoms with van der Waals surface area (Å²) in [5, 5.41) is 0. The monoisotopic (exact) mass is 177 g/mol.